The number of urea groups is 2. The Kier molecular flexibility index (Phi) is 4.29. The van der Waals surface area contributed by atoms with Gasteiger partial charge in [0.2, 0.25) is 0 Å². The van der Waals surface area contributed by atoms with Crippen molar-refractivity contribution in [3.8, 4) is 5.75 Å². The largest absolute Gasteiger partial charge is 0.492 e. The second-order valence-electron chi connectivity index (χ2n) is 3.14. The van der Waals surface area contributed by atoms with Crippen LogP contribution in [0.15, 0.2) is 24.3 Å². The van der Waals surface area contributed by atoms with Crippen molar-refractivity contribution in [2.24, 2.45) is 17.2 Å². The molecule has 92 valence electrons. The number of nitrogens with two attached hydrogens (primary N) is 3. The molecule has 0 unspecified atom stereocenters. The van der Waals surface area contributed by atoms with Gasteiger partial charge in [-0.05, 0) is 24.3 Å². The van der Waals surface area contributed by atoms with Crippen LogP contribution < -0.4 is 26.8 Å². The Morgan fingerprint density at radius 3 is 2.06 bits per heavy atom. The third kappa shape index (κ3) is 3.35. The van der Waals surface area contributed by atoms with E-state index in [4.69, 9.17) is 21.9 Å². The van der Waals surface area contributed by atoms with Gasteiger partial charge in [0, 0.05) is 6.54 Å². The lowest BCUT2D eigenvalue weighted by atomic mass is 10.3. The van der Waals surface area contributed by atoms with Crippen LogP contribution in [0.1, 0.15) is 0 Å². The third-order valence-corrected chi connectivity index (χ3v) is 1.92. The molecule has 0 aliphatic rings. The van der Waals surface area contributed by atoms with Crippen molar-refractivity contribution in [1.82, 2.24) is 0 Å². The molecule has 6 N–H and O–H groups in total. The Hall–Kier alpha value is -2.28. The van der Waals surface area contributed by atoms with Crippen molar-refractivity contribution in [3.05, 3.63) is 24.3 Å². The van der Waals surface area contributed by atoms with Crippen molar-refractivity contribution in [3.63, 3.8) is 0 Å². The first-order valence-electron chi connectivity index (χ1n) is 4.88. The number of carbonyl (C=O) groups excluding carboxylic acids is 2. The summed E-state index contributed by atoms with van der Waals surface area (Å²) in [5, 5.41) is 0. The summed E-state index contributed by atoms with van der Waals surface area (Å²) >= 11 is 0. The summed E-state index contributed by atoms with van der Waals surface area (Å²) in [6.45, 7) is 0.783. The highest BCUT2D eigenvalue weighted by Gasteiger charge is 2.17. The van der Waals surface area contributed by atoms with E-state index in [1.165, 1.54) is 12.1 Å². The molecule has 0 atom stereocenters. The molecule has 0 bridgehead atoms. The van der Waals surface area contributed by atoms with Gasteiger partial charge in [-0.3, -0.25) is 0 Å². The molecule has 0 fully saturated rings. The van der Waals surface area contributed by atoms with Crippen molar-refractivity contribution < 1.29 is 14.3 Å². The number of ether oxygens (including phenoxy) is 1. The number of imide groups is 1. The van der Waals surface area contributed by atoms with Gasteiger partial charge in [0.25, 0.3) is 0 Å². The van der Waals surface area contributed by atoms with Crippen LogP contribution in [0.2, 0.25) is 0 Å². The van der Waals surface area contributed by atoms with Crippen LogP contribution in [0, 0.1) is 0 Å². The molecular formula is C10H14N4O3. The maximum absolute atomic E-state index is 11.0. The number of primary amides is 2. The van der Waals surface area contributed by atoms with Crippen LogP contribution in [0.3, 0.4) is 0 Å². The molecule has 0 radical (unpaired) electrons. The minimum absolute atomic E-state index is 0.282. The first-order valence-corrected chi connectivity index (χ1v) is 4.88. The summed E-state index contributed by atoms with van der Waals surface area (Å²) < 4.78 is 5.23. The topological polar surface area (TPSA) is 125 Å². The Morgan fingerprint density at radius 1 is 1.12 bits per heavy atom. The quantitative estimate of drug-likeness (QED) is 0.682. The van der Waals surface area contributed by atoms with Crippen molar-refractivity contribution >= 4 is 17.7 Å². The molecule has 1 aromatic rings. The number of rotatable bonds is 4. The highest BCUT2D eigenvalue weighted by atomic mass is 16.5. The number of carbonyl (C=O) groups is 2. The van der Waals surface area contributed by atoms with Gasteiger partial charge in [-0.15, -0.1) is 0 Å². The molecule has 0 aliphatic heterocycles. The van der Waals surface area contributed by atoms with Gasteiger partial charge in [-0.25, -0.2) is 14.5 Å². The van der Waals surface area contributed by atoms with Gasteiger partial charge >= 0.3 is 12.1 Å². The normalized spacial score (nSPS) is 9.71. The SMILES string of the molecule is NCCOc1ccc(N(C(N)=O)C(N)=O)cc1. The fraction of sp³-hybridized carbons (Fsp3) is 0.200. The molecule has 0 spiro atoms. The van der Waals surface area contributed by atoms with Crippen molar-refractivity contribution in [1.29, 1.82) is 0 Å². The second kappa shape index (κ2) is 5.71. The second-order valence-corrected chi connectivity index (χ2v) is 3.14. The van der Waals surface area contributed by atoms with Gasteiger partial charge in [-0.1, -0.05) is 0 Å². The average molecular weight is 238 g/mol. The summed E-state index contributed by atoms with van der Waals surface area (Å²) in [6, 6.07) is 4.30. The molecule has 1 rings (SSSR count). The van der Waals surface area contributed by atoms with Gasteiger partial charge in [0.1, 0.15) is 12.4 Å². The summed E-state index contributed by atoms with van der Waals surface area (Å²) in [5.41, 5.74) is 15.6. The molecule has 0 saturated carbocycles. The Morgan fingerprint density at radius 2 is 1.65 bits per heavy atom. The molecule has 0 heterocycles. The van der Waals surface area contributed by atoms with Crippen LogP contribution in [-0.2, 0) is 0 Å². The average Bonchev–Trinajstić information content (AvgIpc) is 2.27. The van der Waals surface area contributed by atoms with Gasteiger partial charge in [0.15, 0.2) is 0 Å². The lowest BCUT2D eigenvalue weighted by molar-refractivity contribution is 0.243. The molecule has 0 aliphatic carbocycles. The standard InChI is InChI=1S/C10H14N4O3/c11-5-6-17-8-3-1-7(2-4-8)14(9(12)15)10(13)16/h1-4H,5-6,11H2,(H2,12,15)(H2,13,16). The maximum atomic E-state index is 11.0. The first kappa shape index (κ1) is 12.8. The molecule has 0 aromatic heterocycles. The first-order chi connectivity index (χ1) is 8.06. The number of benzene rings is 1. The summed E-state index contributed by atoms with van der Waals surface area (Å²) in [6.07, 6.45) is 0. The zero-order chi connectivity index (χ0) is 12.8. The number of anilines is 1. The maximum Gasteiger partial charge on any atom is 0.327 e. The Labute approximate surface area is 98.1 Å². The van der Waals surface area contributed by atoms with E-state index in [2.05, 4.69) is 0 Å². The van der Waals surface area contributed by atoms with Crippen LogP contribution in [-0.4, -0.2) is 25.2 Å². The molecule has 17 heavy (non-hydrogen) atoms. The van der Waals surface area contributed by atoms with Crippen LogP contribution in [0.4, 0.5) is 15.3 Å². The van der Waals surface area contributed by atoms with E-state index < -0.39 is 12.1 Å². The molecule has 0 saturated heterocycles. The minimum atomic E-state index is -0.937. The molecule has 7 nitrogen and oxygen atoms in total. The molecule has 4 amide bonds. The van der Waals surface area contributed by atoms with E-state index in [9.17, 15) is 9.59 Å². The lowest BCUT2D eigenvalue weighted by Gasteiger charge is -2.16. The molecular weight excluding hydrogens is 224 g/mol. The smallest absolute Gasteiger partial charge is 0.327 e. The zero-order valence-electron chi connectivity index (χ0n) is 9.13. The van der Waals surface area contributed by atoms with Gasteiger partial charge < -0.3 is 21.9 Å². The van der Waals surface area contributed by atoms with Gasteiger partial charge in [0.05, 0.1) is 5.69 Å². The fourth-order valence-electron chi connectivity index (χ4n) is 1.23. The van der Waals surface area contributed by atoms with Crippen molar-refractivity contribution in [2.45, 2.75) is 0 Å². The fourth-order valence-corrected chi connectivity index (χ4v) is 1.23. The van der Waals surface area contributed by atoms with Gasteiger partial charge in [-0.2, -0.15) is 0 Å². The predicted octanol–water partition coefficient (Wildman–Crippen LogP) is -0.0121. The van der Waals surface area contributed by atoms with Crippen molar-refractivity contribution in [2.75, 3.05) is 18.1 Å². The van der Waals surface area contributed by atoms with Crippen LogP contribution in [0.25, 0.3) is 0 Å². The number of nitrogens with zero attached hydrogens (tertiary/aromatic N) is 1. The third-order valence-electron chi connectivity index (χ3n) is 1.92. The summed E-state index contributed by atoms with van der Waals surface area (Å²) in [4.78, 5) is 22.7. The lowest BCUT2D eigenvalue weighted by Crippen LogP contribution is -2.44. The summed E-state index contributed by atoms with van der Waals surface area (Å²) in [5.74, 6) is 0.577. The molecule has 1 aromatic carbocycles. The van der Waals surface area contributed by atoms with E-state index in [1.54, 1.807) is 12.1 Å². The predicted molar refractivity (Wildman–Crippen MR) is 62.6 cm³/mol. The highest BCUT2D eigenvalue weighted by Crippen LogP contribution is 2.19. The minimum Gasteiger partial charge on any atom is -0.492 e. The van der Waals surface area contributed by atoms with E-state index in [-0.39, 0.29) is 5.69 Å². The molecule has 7 heteroatoms. The summed E-state index contributed by atoms with van der Waals surface area (Å²) in [7, 11) is 0. The van der Waals surface area contributed by atoms with E-state index in [0.717, 1.165) is 0 Å². The monoisotopic (exact) mass is 238 g/mol. The van der Waals surface area contributed by atoms with Crippen LogP contribution >= 0.6 is 0 Å². The Balaban J connectivity index is 2.85. The highest BCUT2D eigenvalue weighted by molar-refractivity contribution is 6.12. The number of hydrogen-bond donors (Lipinski definition) is 3. The number of hydrogen-bond acceptors (Lipinski definition) is 4. The Bertz CT molecular complexity index is 391. The van der Waals surface area contributed by atoms with E-state index in [0.29, 0.717) is 23.8 Å². The van der Waals surface area contributed by atoms with E-state index >= 15 is 0 Å². The van der Waals surface area contributed by atoms with E-state index in [1.807, 2.05) is 0 Å². The zero-order valence-corrected chi connectivity index (χ0v) is 9.13. The van der Waals surface area contributed by atoms with Crippen LogP contribution in [0.5, 0.6) is 5.75 Å². The number of amides is 4.